The van der Waals surface area contributed by atoms with Gasteiger partial charge in [-0.1, -0.05) is 0 Å². The molecule has 0 radical (unpaired) electrons. The summed E-state index contributed by atoms with van der Waals surface area (Å²) in [6.45, 7) is 1.05. The predicted octanol–water partition coefficient (Wildman–Crippen LogP) is 1.81. The van der Waals surface area contributed by atoms with Gasteiger partial charge in [-0.05, 0) is 37.1 Å². The van der Waals surface area contributed by atoms with Gasteiger partial charge >= 0.3 is 0 Å². The van der Waals surface area contributed by atoms with E-state index >= 15 is 0 Å². The van der Waals surface area contributed by atoms with Gasteiger partial charge in [0.1, 0.15) is 11.6 Å². The van der Waals surface area contributed by atoms with Gasteiger partial charge in [-0.2, -0.15) is 0 Å². The Kier molecular flexibility index (Phi) is 2.80. The zero-order valence-corrected chi connectivity index (χ0v) is 10.1. The topological polar surface area (TPSA) is 58.3 Å². The molecule has 2 heterocycles. The minimum absolute atomic E-state index is 0.229. The lowest BCUT2D eigenvalue weighted by Crippen LogP contribution is -2.22. The minimum atomic E-state index is 0.229. The summed E-state index contributed by atoms with van der Waals surface area (Å²) in [5, 5.41) is 18.6. The molecular formula is C14H16N2O2. The van der Waals surface area contributed by atoms with E-state index in [0.717, 1.165) is 30.8 Å². The van der Waals surface area contributed by atoms with Gasteiger partial charge in [-0.3, -0.25) is 0 Å². The first-order chi connectivity index (χ1) is 8.78. The highest BCUT2D eigenvalue weighted by molar-refractivity contribution is 5.57. The van der Waals surface area contributed by atoms with Crippen LogP contribution in [0.4, 0.5) is 0 Å². The standard InChI is InChI=1S/C14H16N2O2/c17-9-10-1-4-12-7-15-14(16(12)8-10)11-2-5-13(18)6-3-11/h2-3,5-7,10,17-18H,1,4,8-9H2. The molecule has 0 aliphatic carbocycles. The van der Waals surface area contributed by atoms with Crippen LogP contribution in [0.15, 0.2) is 30.5 Å². The SMILES string of the molecule is OCC1CCc2cnc(-c3ccc(O)cc3)n2C1. The third kappa shape index (κ3) is 1.88. The van der Waals surface area contributed by atoms with Gasteiger partial charge < -0.3 is 14.8 Å². The van der Waals surface area contributed by atoms with Crippen LogP contribution in [0.3, 0.4) is 0 Å². The molecule has 1 aromatic heterocycles. The highest BCUT2D eigenvalue weighted by atomic mass is 16.3. The van der Waals surface area contributed by atoms with E-state index in [-0.39, 0.29) is 12.4 Å². The van der Waals surface area contributed by atoms with E-state index in [1.165, 1.54) is 5.69 Å². The Morgan fingerprint density at radius 1 is 1.28 bits per heavy atom. The van der Waals surface area contributed by atoms with Crippen LogP contribution >= 0.6 is 0 Å². The second-order valence-corrected chi connectivity index (χ2v) is 4.82. The Bertz CT molecular complexity index is 545. The van der Waals surface area contributed by atoms with Crippen molar-refractivity contribution in [3.8, 4) is 17.1 Å². The number of nitrogens with zero attached hydrogens (tertiary/aromatic N) is 2. The van der Waals surface area contributed by atoms with Crippen molar-refractivity contribution in [3.05, 3.63) is 36.2 Å². The van der Waals surface area contributed by atoms with Crippen LogP contribution in [0.5, 0.6) is 5.75 Å². The van der Waals surface area contributed by atoms with E-state index in [2.05, 4.69) is 9.55 Å². The first-order valence-electron chi connectivity index (χ1n) is 6.22. The molecule has 0 saturated carbocycles. The number of phenolic OH excluding ortho intramolecular Hbond substituents is 1. The average Bonchev–Trinajstić information content (AvgIpc) is 2.82. The van der Waals surface area contributed by atoms with Crippen molar-refractivity contribution >= 4 is 0 Å². The molecule has 1 aromatic carbocycles. The van der Waals surface area contributed by atoms with Crippen LogP contribution in [-0.4, -0.2) is 26.4 Å². The summed E-state index contributed by atoms with van der Waals surface area (Å²) in [4.78, 5) is 4.47. The van der Waals surface area contributed by atoms with Gasteiger partial charge in [-0.15, -0.1) is 0 Å². The van der Waals surface area contributed by atoms with E-state index < -0.39 is 0 Å². The van der Waals surface area contributed by atoms with Gasteiger partial charge in [-0.25, -0.2) is 4.98 Å². The Balaban J connectivity index is 1.99. The predicted molar refractivity (Wildman–Crippen MR) is 68.2 cm³/mol. The molecule has 1 aliphatic rings. The van der Waals surface area contributed by atoms with E-state index in [9.17, 15) is 10.2 Å². The van der Waals surface area contributed by atoms with E-state index in [1.54, 1.807) is 12.1 Å². The summed E-state index contributed by atoms with van der Waals surface area (Å²) in [6, 6.07) is 7.08. The number of fused-ring (bicyclic) bond motifs is 1. The normalized spacial score (nSPS) is 18.6. The fourth-order valence-electron chi connectivity index (χ4n) is 2.51. The highest BCUT2D eigenvalue weighted by Gasteiger charge is 2.21. The molecule has 3 rings (SSSR count). The number of hydrogen-bond donors (Lipinski definition) is 2. The van der Waals surface area contributed by atoms with Crippen molar-refractivity contribution in [1.82, 2.24) is 9.55 Å². The summed E-state index contributed by atoms with van der Waals surface area (Å²) >= 11 is 0. The lowest BCUT2D eigenvalue weighted by Gasteiger charge is -2.23. The van der Waals surface area contributed by atoms with Crippen molar-refractivity contribution in [1.29, 1.82) is 0 Å². The van der Waals surface area contributed by atoms with Crippen LogP contribution in [-0.2, 0) is 13.0 Å². The van der Waals surface area contributed by atoms with Crippen molar-refractivity contribution in [2.75, 3.05) is 6.61 Å². The number of hydrogen-bond acceptors (Lipinski definition) is 3. The molecule has 0 fully saturated rings. The third-order valence-corrected chi connectivity index (χ3v) is 3.57. The van der Waals surface area contributed by atoms with Crippen LogP contribution in [0.2, 0.25) is 0 Å². The fourth-order valence-corrected chi connectivity index (χ4v) is 2.51. The largest absolute Gasteiger partial charge is 0.508 e. The van der Waals surface area contributed by atoms with Gasteiger partial charge in [0, 0.05) is 36.5 Å². The Labute approximate surface area is 106 Å². The maximum absolute atomic E-state index is 9.31. The van der Waals surface area contributed by atoms with Gasteiger partial charge in [0.05, 0.1) is 0 Å². The zero-order chi connectivity index (χ0) is 12.5. The molecular weight excluding hydrogens is 228 g/mol. The molecule has 2 aromatic rings. The van der Waals surface area contributed by atoms with E-state index in [0.29, 0.717) is 5.92 Å². The second kappa shape index (κ2) is 4.46. The second-order valence-electron chi connectivity index (χ2n) is 4.82. The summed E-state index contributed by atoms with van der Waals surface area (Å²) in [5.74, 6) is 1.50. The minimum Gasteiger partial charge on any atom is -0.508 e. The van der Waals surface area contributed by atoms with Crippen LogP contribution < -0.4 is 0 Å². The molecule has 4 heteroatoms. The van der Waals surface area contributed by atoms with Crippen LogP contribution in [0, 0.1) is 5.92 Å². The lowest BCUT2D eigenvalue weighted by atomic mass is 9.99. The van der Waals surface area contributed by atoms with Crippen molar-refractivity contribution < 1.29 is 10.2 Å². The van der Waals surface area contributed by atoms with Crippen molar-refractivity contribution in [2.24, 2.45) is 5.92 Å². The molecule has 1 aliphatic heterocycles. The summed E-state index contributed by atoms with van der Waals surface area (Å²) in [5.41, 5.74) is 2.22. The maximum atomic E-state index is 9.31. The Morgan fingerprint density at radius 2 is 2.06 bits per heavy atom. The molecule has 18 heavy (non-hydrogen) atoms. The number of imidazole rings is 1. The van der Waals surface area contributed by atoms with Gasteiger partial charge in [0.2, 0.25) is 0 Å². The molecule has 1 atom stereocenters. The molecule has 94 valence electrons. The summed E-state index contributed by atoms with van der Waals surface area (Å²) in [7, 11) is 0. The quantitative estimate of drug-likeness (QED) is 0.847. The monoisotopic (exact) mass is 244 g/mol. The fraction of sp³-hybridized carbons (Fsp3) is 0.357. The third-order valence-electron chi connectivity index (χ3n) is 3.57. The van der Waals surface area contributed by atoms with E-state index in [1.807, 2.05) is 18.3 Å². The molecule has 1 unspecified atom stereocenters. The van der Waals surface area contributed by atoms with Crippen molar-refractivity contribution in [2.45, 2.75) is 19.4 Å². The molecule has 0 bridgehead atoms. The smallest absolute Gasteiger partial charge is 0.140 e. The number of aliphatic hydroxyl groups excluding tert-OH is 1. The van der Waals surface area contributed by atoms with E-state index in [4.69, 9.17) is 0 Å². The molecule has 0 spiro atoms. The lowest BCUT2D eigenvalue weighted by molar-refractivity contribution is 0.192. The number of rotatable bonds is 2. The number of aromatic nitrogens is 2. The molecule has 0 saturated heterocycles. The molecule has 4 nitrogen and oxygen atoms in total. The molecule has 2 N–H and O–H groups in total. The zero-order valence-electron chi connectivity index (χ0n) is 10.1. The number of benzene rings is 1. The Hall–Kier alpha value is -1.81. The van der Waals surface area contributed by atoms with Gasteiger partial charge in [0.25, 0.3) is 0 Å². The summed E-state index contributed by atoms with van der Waals surface area (Å²) < 4.78 is 2.18. The number of phenols is 1. The number of aryl methyl sites for hydroxylation is 1. The number of aliphatic hydroxyl groups is 1. The average molecular weight is 244 g/mol. The number of aromatic hydroxyl groups is 1. The molecule has 0 amide bonds. The summed E-state index contributed by atoms with van der Waals surface area (Å²) in [6.07, 6.45) is 3.91. The maximum Gasteiger partial charge on any atom is 0.140 e. The first-order valence-corrected chi connectivity index (χ1v) is 6.22. The van der Waals surface area contributed by atoms with Gasteiger partial charge in [0.15, 0.2) is 0 Å². The highest BCUT2D eigenvalue weighted by Crippen LogP contribution is 2.27. The van der Waals surface area contributed by atoms with Crippen LogP contribution in [0.1, 0.15) is 12.1 Å². The first kappa shape index (κ1) is 11.3. The van der Waals surface area contributed by atoms with Crippen molar-refractivity contribution in [3.63, 3.8) is 0 Å². The Morgan fingerprint density at radius 3 is 2.78 bits per heavy atom. The van der Waals surface area contributed by atoms with Crippen LogP contribution in [0.25, 0.3) is 11.4 Å².